The molecule has 3 rings (SSSR count). The molecule has 24 heavy (non-hydrogen) atoms. The third-order valence-corrected chi connectivity index (χ3v) is 4.79. The van der Waals surface area contributed by atoms with Crippen molar-refractivity contribution >= 4 is 0 Å². The molecule has 0 bridgehead atoms. The molecule has 2 atom stereocenters. The Kier molecular flexibility index (Phi) is 5.84. The van der Waals surface area contributed by atoms with Crippen LogP contribution in [-0.4, -0.2) is 4.98 Å². The highest BCUT2D eigenvalue weighted by molar-refractivity contribution is 5.25. The Labute approximate surface area is 145 Å². The molecule has 0 aliphatic rings. The van der Waals surface area contributed by atoms with Gasteiger partial charge in [-0.3, -0.25) is 4.98 Å². The van der Waals surface area contributed by atoms with Crippen molar-refractivity contribution in [3.8, 4) is 0 Å². The summed E-state index contributed by atoms with van der Waals surface area (Å²) in [6, 6.07) is 22.3. The van der Waals surface area contributed by atoms with E-state index in [1.54, 1.807) is 0 Å². The van der Waals surface area contributed by atoms with Gasteiger partial charge in [0, 0.05) is 5.92 Å². The van der Waals surface area contributed by atoms with Gasteiger partial charge in [0.25, 0.3) is 0 Å². The molecule has 0 amide bonds. The van der Waals surface area contributed by atoms with Crippen molar-refractivity contribution in [3.05, 3.63) is 90.5 Å². The number of aromatic nitrogens is 2. The topological polar surface area (TPSA) is 19.7 Å². The van der Waals surface area contributed by atoms with Gasteiger partial charge in [-0.1, -0.05) is 74.0 Å². The summed E-state index contributed by atoms with van der Waals surface area (Å²) in [5.41, 5.74) is 2.83. The van der Waals surface area contributed by atoms with E-state index in [0.29, 0.717) is 12.0 Å². The van der Waals surface area contributed by atoms with E-state index in [1.807, 2.05) is 6.20 Å². The summed E-state index contributed by atoms with van der Waals surface area (Å²) in [5, 5.41) is 0. The number of hydrogen-bond donors (Lipinski definition) is 1. The minimum Gasteiger partial charge on any atom is -0.250 e. The fourth-order valence-corrected chi connectivity index (χ4v) is 3.52. The maximum absolute atomic E-state index is 3.22. The van der Waals surface area contributed by atoms with E-state index in [1.165, 1.54) is 30.4 Å². The SMILES string of the molecule is CCCCC(C(Cc1ccccc1)c1ccccc1)[n+]1cc[nH]c1. The van der Waals surface area contributed by atoms with Crippen LogP contribution in [0.25, 0.3) is 0 Å². The highest BCUT2D eigenvalue weighted by Gasteiger charge is 2.28. The van der Waals surface area contributed by atoms with Crippen LogP contribution in [0.5, 0.6) is 0 Å². The minimum absolute atomic E-state index is 0.471. The number of benzene rings is 2. The van der Waals surface area contributed by atoms with Crippen molar-refractivity contribution < 1.29 is 4.57 Å². The molecule has 0 spiro atoms. The zero-order valence-corrected chi connectivity index (χ0v) is 14.4. The van der Waals surface area contributed by atoms with E-state index in [9.17, 15) is 0 Å². The van der Waals surface area contributed by atoms with Gasteiger partial charge in [-0.25, -0.2) is 4.57 Å². The number of imidazole rings is 1. The lowest BCUT2D eigenvalue weighted by molar-refractivity contribution is -0.725. The van der Waals surface area contributed by atoms with Crippen molar-refractivity contribution in [2.24, 2.45) is 0 Å². The molecule has 1 heterocycles. The zero-order valence-electron chi connectivity index (χ0n) is 14.4. The number of rotatable bonds is 8. The van der Waals surface area contributed by atoms with Gasteiger partial charge >= 0.3 is 0 Å². The summed E-state index contributed by atoms with van der Waals surface area (Å²) in [5.74, 6) is 0.473. The van der Waals surface area contributed by atoms with Crippen LogP contribution in [0.3, 0.4) is 0 Å². The number of aromatic amines is 1. The van der Waals surface area contributed by atoms with Gasteiger partial charge in [-0.2, -0.15) is 0 Å². The van der Waals surface area contributed by atoms with E-state index in [-0.39, 0.29) is 0 Å². The standard InChI is InChI=1S/C22H26N2/c1-2-3-14-22(24-16-15-23-18-24)21(20-12-8-5-9-13-20)17-19-10-6-4-7-11-19/h4-13,15-16,18,21-22H,2-3,14,17H2,1H3/p+1. The highest BCUT2D eigenvalue weighted by Crippen LogP contribution is 2.32. The predicted molar refractivity (Wildman–Crippen MR) is 98.9 cm³/mol. The maximum Gasteiger partial charge on any atom is 0.241 e. The zero-order chi connectivity index (χ0) is 16.6. The normalized spacial score (nSPS) is 13.5. The maximum atomic E-state index is 3.22. The van der Waals surface area contributed by atoms with Crippen LogP contribution in [0.2, 0.25) is 0 Å². The van der Waals surface area contributed by atoms with Gasteiger partial charge in [0.1, 0.15) is 18.4 Å². The largest absolute Gasteiger partial charge is 0.250 e. The quantitative estimate of drug-likeness (QED) is 0.560. The molecule has 2 unspecified atom stereocenters. The number of hydrogen-bond acceptors (Lipinski definition) is 0. The van der Waals surface area contributed by atoms with Crippen molar-refractivity contribution in [2.45, 2.75) is 44.6 Å². The number of H-pyrrole nitrogens is 1. The van der Waals surface area contributed by atoms with Crippen LogP contribution in [0, 0.1) is 0 Å². The third kappa shape index (κ3) is 4.14. The molecule has 1 N–H and O–H groups in total. The van der Waals surface area contributed by atoms with Crippen molar-refractivity contribution in [1.82, 2.24) is 4.98 Å². The lowest BCUT2D eigenvalue weighted by Crippen LogP contribution is -2.41. The number of unbranched alkanes of at least 4 members (excludes halogenated alkanes) is 1. The Balaban J connectivity index is 1.94. The monoisotopic (exact) mass is 319 g/mol. The lowest BCUT2D eigenvalue weighted by atomic mass is 9.83. The Morgan fingerprint density at radius 2 is 1.67 bits per heavy atom. The molecule has 0 radical (unpaired) electrons. The van der Waals surface area contributed by atoms with E-state index < -0.39 is 0 Å². The third-order valence-electron chi connectivity index (χ3n) is 4.79. The summed E-state index contributed by atoms with van der Waals surface area (Å²) in [6.45, 7) is 2.27. The minimum atomic E-state index is 0.471. The molecule has 1 aromatic heterocycles. The molecule has 0 fully saturated rings. The molecule has 0 saturated carbocycles. The van der Waals surface area contributed by atoms with Crippen molar-refractivity contribution in [3.63, 3.8) is 0 Å². The number of nitrogens with one attached hydrogen (secondary N) is 1. The van der Waals surface area contributed by atoms with Crippen LogP contribution in [0.15, 0.2) is 79.4 Å². The van der Waals surface area contributed by atoms with E-state index in [4.69, 9.17) is 0 Å². The first-order valence-electron chi connectivity index (χ1n) is 9.01. The second-order valence-electron chi connectivity index (χ2n) is 6.48. The average Bonchev–Trinajstić information content (AvgIpc) is 3.17. The Morgan fingerprint density at radius 3 is 2.29 bits per heavy atom. The highest BCUT2D eigenvalue weighted by atomic mass is 15.1. The first-order valence-corrected chi connectivity index (χ1v) is 9.01. The second-order valence-corrected chi connectivity index (χ2v) is 6.48. The van der Waals surface area contributed by atoms with Gasteiger partial charge in [0.15, 0.2) is 0 Å². The Morgan fingerprint density at radius 1 is 0.958 bits per heavy atom. The smallest absolute Gasteiger partial charge is 0.241 e. The van der Waals surface area contributed by atoms with Crippen LogP contribution in [-0.2, 0) is 6.42 Å². The molecule has 3 aromatic rings. The molecular formula is C22H27N2+. The summed E-state index contributed by atoms with van der Waals surface area (Å²) in [6.07, 6.45) is 11.0. The van der Waals surface area contributed by atoms with Crippen LogP contribution < -0.4 is 4.57 Å². The van der Waals surface area contributed by atoms with Crippen molar-refractivity contribution in [1.29, 1.82) is 0 Å². The van der Waals surface area contributed by atoms with E-state index in [2.05, 4.69) is 89.7 Å². The van der Waals surface area contributed by atoms with Gasteiger partial charge in [-0.15, -0.1) is 0 Å². The lowest BCUT2D eigenvalue weighted by Gasteiger charge is -2.25. The van der Waals surface area contributed by atoms with Crippen LogP contribution >= 0.6 is 0 Å². The van der Waals surface area contributed by atoms with Crippen molar-refractivity contribution in [2.75, 3.05) is 0 Å². The Bertz CT molecular complexity index is 689. The first kappa shape index (κ1) is 16.5. The van der Waals surface area contributed by atoms with E-state index >= 15 is 0 Å². The van der Waals surface area contributed by atoms with Gasteiger partial charge in [0.2, 0.25) is 6.33 Å². The summed E-state index contributed by atoms with van der Waals surface area (Å²) in [4.78, 5) is 3.22. The van der Waals surface area contributed by atoms with Gasteiger partial charge in [0.05, 0.1) is 0 Å². The molecular weight excluding hydrogens is 292 g/mol. The fourth-order valence-electron chi connectivity index (χ4n) is 3.52. The van der Waals surface area contributed by atoms with E-state index in [0.717, 1.165) is 6.42 Å². The molecule has 0 saturated heterocycles. The predicted octanol–water partition coefficient (Wildman–Crippen LogP) is 5.06. The molecule has 2 nitrogen and oxygen atoms in total. The molecule has 2 heteroatoms. The van der Waals surface area contributed by atoms with Gasteiger partial charge in [-0.05, 0) is 30.4 Å². The molecule has 124 valence electrons. The molecule has 0 aliphatic carbocycles. The average molecular weight is 319 g/mol. The summed E-state index contributed by atoms with van der Waals surface area (Å²) >= 11 is 0. The molecule has 2 aromatic carbocycles. The van der Waals surface area contributed by atoms with Crippen LogP contribution in [0.4, 0.5) is 0 Å². The van der Waals surface area contributed by atoms with Crippen LogP contribution in [0.1, 0.15) is 49.3 Å². The number of nitrogens with zero attached hydrogens (tertiary/aromatic N) is 1. The summed E-state index contributed by atoms with van der Waals surface area (Å²) < 4.78 is 2.36. The van der Waals surface area contributed by atoms with Gasteiger partial charge < -0.3 is 0 Å². The second kappa shape index (κ2) is 8.49. The summed E-state index contributed by atoms with van der Waals surface area (Å²) in [7, 11) is 0. The fraction of sp³-hybridized carbons (Fsp3) is 0.318. The first-order chi connectivity index (χ1) is 11.9. The molecule has 0 aliphatic heterocycles. The Hall–Kier alpha value is -2.35.